The van der Waals surface area contributed by atoms with E-state index in [9.17, 15) is 0 Å². The molecule has 0 bridgehead atoms. The molecule has 0 unspecified atom stereocenters. The molecule has 0 aliphatic heterocycles. The summed E-state index contributed by atoms with van der Waals surface area (Å²) in [5.74, 6) is 0. The number of pyridine rings is 1. The quantitative estimate of drug-likeness (QED) is 0.442. The summed E-state index contributed by atoms with van der Waals surface area (Å²) in [7, 11) is 0. The Labute approximate surface area is 130 Å². The maximum Gasteiger partial charge on any atom is 0.138 e. The van der Waals surface area contributed by atoms with Crippen molar-refractivity contribution in [3.05, 3.63) is 70.4 Å². The first kappa shape index (κ1) is 11.9. The Hall–Kier alpha value is -1.88. The lowest BCUT2D eigenvalue weighted by atomic mass is 10.1. The van der Waals surface area contributed by atoms with Gasteiger partial charge in [0.2, 0.25) is 0 Å². The number of rotatable bonds is 1. The van der Waals surface area contributed by atoms with Gasteiger partial charge in [-0.3, -0.25) is 4.40 Å². The van der Waals surface area contributed by atoms with Crippen molar-refractivity contribution in [1.82, 2.24) is 9.38 Å². The predicted octanol–water partition coefficient (Wildman–Crippen LogP) is 4.76. The zero-order chi connectivity index (χ0) is 13.5. The van der Waals surface area contributed by atoms with Gasteiger partial charge in [0.25, 0.3) is 0 Å². The van der Waals surface area contributed by atoms with E-state index in [4.69, 9.17) is 0 Å². The second-order valence-corrected chi connectivity index (χ2v) is 6.00. The van der Waals surface area contributed by atoms with Crippen LogP contribution in [0.3, 0.4) is 0 Å². The Morgan fingerprint density at radius 3 is 2.50 bits per heavy atom. The number of para-hydroxylation sites is 2. The van der Waals surface area contributed by atoms with E-state index in [1.54, 1.807) is 0 Å². The van der Waals surface area contributed by atoms with Gasteiger partial charge in [0.1, 0.15) is 5.65 Å². The molecule has 0 saturated carbocycles. The largest absolute Gasteiger partial charge is 0.300 e. The molecule has 2 aromatic heterocycles. The minimum Gasteiger partial charge on any atom is -0.300 e. The summed E-state index contributed by atoms with van der Waals surface area (Å²) in [5.41, 5.74) is 5.59. The normalized spacial score (nSPS) is 11.2. The Bertz CT molecular complexity index is 907. The van der Waals surface area contributed by atoms with Crippen LogP contribution in [0.1, 0.15) is 0 Å². The number of hydrogen-bond acceptors (Lipinski definition) is 1. The van der Waals surface area contributed by atoms with Crippen LogP contribution in [0.5, 0.6) is 0 Å². The smallest absolute Gasteiger partial charge is 0.138 e. The Kier molecular flexibility index (Phi) is 2.73. The van der Waals surface area contributed by atoms with Gasteiger partial charge in [-0.25, -0.2) is 4.98 Å². The third-order valence-electron chi connectivity index (χ3n) is 3.49. The van der Waals surface area contributed by atoms with Crippen LogP contribution >= 0.6 is 22.6 Å². The van der Waals surface area contributed by atoms with E-state index in [0.717, 1.165) is 16.7 Å². The van der Waals surface area contributed by atoms with E-state index in [0.29, 0.717) is 0 Å². The van der Waals surface area contributed by atoms with E-state index in [1.807, 2.05) is 18.2 Å². The van der Waals surface area contributed by atoms with Crippen LogP contribution in [0.4, 0.5) is 0 Å². The second kappa shape index (κ2) is 4.59. The van der Waals surface area contributed by atoms with E-state index in [2.05, 4.69) is 80.6 Å². The van der Waals surface area contributed by atoms with Crippen molar-refractivity contribution in [3.8, 4) is 11.1 Å². The summed E-state index contributed by atoms with van der Waals surface area (Å²) < 4.78 is 3.38. The summed E-state index contributed by atoms with van der Waals surface area (Å²) in [4.78, 5) is 4.68. The van der Waals surface area contributed by atoms with Gasteiger partial charge in [0.15, 0.2) is 0 Å². The number of aromatic nitrogens is 2. The zero-order valence-electron chi connectivity index (χ0n) is 10.6. The first-order valence-electron chi connectivity index (χ1n) is 6.44. The molecule has 0 amide bonds. The lowest BCUT2D eigenvalue weighted by Gasteiger charge is -2.03. The lowest BCUT2D eigenvalue weighted by molar-refractivity contribution is 1.23. The van der Waals surface area contributed by atoms with Gasteiger partial charge in [0.05, 0.1) is 11.0 Å². The molecule has 20 heavy (non-hydrogen) atoms. The van der Waals surface area contributed by atoms with Crippen molar-refractivity contribution in [2.24, 2.45) is 0 Å². The molecule has 2 nitrogen and oxygen atoms in total. The molecule has 96 valence electrons. The molecule has 0 aliphatic rings. The van der Waals surface area contributed by atoms with Crippen molar-refractivity contribution >= 4 is 39.3 Å². The first-order chi connectivity index (χ1) is 9.81. The minimum atomic E-state index is 0.988. The highest BCUT2D eigenvalue weighted by Gasteiger charge is 2.05. The van der Waals surface area contributed by atoms with Gasteiger partial charge in [-0.1, -0.05) is 24.3 Å². The Morgan fingerprint density at radius 1 is 0.850 bits per heavy atom. The molecule has 3 heteroatoms. The highest BCUT2D eigenvalue weighted by Crippen LogP contribution is 2.24. The van der Waals surface area contributed by atoms with Gasteiger partial charge in [-0.15, -0.1) is 0 Å². The third-order valence-corrected chi connectivity index (χ3v) is 4.21. The molecule has 0 spiro atoms. The maximum absolute atomic E-state index is 4.68. The third kappa shape index (κ3) is 1.89. The number of hydrogen-bond donors (Lipinski definition) is 0. The van der Waals surface area contributed by atoms with Crippen LogP contribution in [0.15, 0.2) is 66.9 Å². The number of halogens is 1. The average Bonchev–Trinajstić information content (AvgIpc) is 2.85. The molecule has 4 aromatic rings. The molecule has 0 fully saturated rings. The fraction of sp³-hybridized carbons (Fsp3) is 0. The van der Waals surface area contributed by atoms with Crippen LogP contribution in [0.25, 0.3) is 27.8 Å². The van der Waals surface area contributed by atoms with Crippen LogP contribution in [-0.2, 0) is 0 Å². The van der Waals surface area contributed by atoms with Crippen LogP contribution in [0.2, 0.25) is 0 Å². The van der Waals surface area contributed by atoms with Gasteiger partial charge >= 0.3 is 0 Å². The predicted molar refractivity (Wildman–Crippen MR) is 90.9 cm³/mol. The molecular weight excluding hydrogens is 359 g/mol. The molecule has 4 rings (SSSR count). The number of nitrogens with zero attached hydrogens (tertiary/aromatic N) is 2. The minimum absolute atomic E-state index is 0.988. The number of benzene rings is 2. The average molecular weight is 370 g/mol. The zero-order valence-corrected chi connectivity index (χ0v) is 12.8. The molecule has 0 aliphatic carbocycles. The molecular formula is C17H11IN2. The summed E-state index contributed by atoms with van der Waals surface area (Å²) in [6.07, 6.45) is 2.10. The maximum atomic E-state index is 4.68. The SMILES string of the molecule is Ic1ccc(-c2ccn3c(c2)nc2ccccc23)cc1. The highest BCUT2D eigenvalue weighted by atomic mass is 127. The van der Waals surface area contributed by atoms with Gasteiger partial charge < -0.3 is 0 Å². The van der Waals surface area contributed by atoms with Gasteiger partial charge in [-0.2, -0.15) is 0 Å². The summed E-state index contributed by atoms with van der Waals surface area (Å²) in [6.45, 7) is 0. The van der Waals surface area contributed by atoms with Gasteiger partial charge in [-0.05, 0) is 70.1 Å². The topological polar surface area (TPSA) is 17.3 Å². The van der Waals surface area contributed by atoms with E-state index >= 15 is 0 Å². The fourth-order valence-corrected chi connectivity index (χ4v) is 2.85. The van der Waals surface area contributed by atoms with Crippen molar-refractivity contribution in [2.75, 3.05) is 0 Å². The van der Waals surface area contributed by atoms with E-state index in [1.165, 1.54) is 14.7 Å². The monoisotopic (exact) mass is 370 g/mol. The van der Waals surface area contributed by atoms with E-state index in [-0.39, 0.29) is 0 Å². The summed E-state index contributed by atoms with van der Waals surface area (Å²) in [6, 6.07) is 21.0. The molecule has 0 radical (unpaired) electrons. The van der Waals surface area contributed by atoms with Crippen LogP contribution in [0, 0.1) is 3.57 Å². The van der Waals surface area contributed by atoms with Gasteiger partial charge in [0, 0.05) is 9.77 Å². The standard InChI is InChI=1S/C17H11IN2/c18-14-7-5-12(6-8-14)13-9-10-20-16-4-2-1-3-15(16)19-17(20)11-13/h1-11H. The van der Waals surface area contributed by atoms with Crippen molar-refractivity contribution in [1.29, 1.82) is 0 Å². The Balaban J connectivity index is 1.94. The van der Waals surface area contributed by atoms with Crippen molar-refractivity contribution in [2.45, 2.75) is 0 Å². The lowest BCUT2D eigenvalue weighted by Crippen LogP contribution is -1.85. The number of fused-ring (bicyclic) bond motifs is 3. The molecule has 0 atom stereocenters. The second-order valence-electron chi connectivity index (χ2n) is 4.75. The number of imidazole rings is 1. The van der Waals surface area contributed by atoms with Crippen LogP contribution < -0.4 is 0 Å². The molecule has 2 heterocycles. The fourth-order valence-electron chi connectivity index (χ4n) is 2.49. The van der Waals surface area contributed by atoms with Crippen LogP contribution in [-0.4, -0.2) is 9.38 Å². The molecule has 0 saturated heterocycles. The summed E-state index contributed by atoms with van der Waals surface area (Å²) >= 11 is 2.32. The van der Waals surface area contributed by atoms with Crippen molar-refractivity contribution in [3.63, 3.8) is 0 Å². The first-order valence-corrected chi connectivity index (χ1v) is 7.52. The molecule has 0 N–H and O–H groups in total. The Morgan fingerprint density at radius 2 is 1.65 bits per heavy atom. The van der Waals surface area contributed by atoms with E-state index < -0.39 is 0 Å². The van der Waals surface area contributed by atoms with Crippen molar-refractivity contribution < 1.29 is 0 Å². The molecule has 2 aromatic carbocycles. The summed E-state index contributed by atoms with van der Waals surface area (Å²) in [5, 5.41) is 0. The highest BCUT2D eigenvalue weighted by molar-refractivity contribution is 14.1.